The van der Waals surface area contributed by atoms with Crippen LogP contribution in [0.25, 0.3) is 11.5 Å². The fourth-order valence-electron chi connectivity index (χ4n) is 1.81. The van der Waals surface area contributed by atoms with Gasteiger partial charge in [-0.15, -0.1) is 10.2 Å². The molecule has 1 N–H and O–H groups in total. The highest BCUT2D eigenvalue weighted by atomic mass is 16.4. The number of carboxylic acids is 1. The molecule has 2 heterocycles. The minimum Gasteiger partial charge on any atom is -0.480 e. The molecule has 0 aromatic carbocycles. The van der Waals surface area contributed by atoms with Gasteiger partial charge in [0, 0.05) is 0 Å². The topological polar surface area (TPSA) is 92.6 Å². The molecule has 7 heteroatoms. The monoisotopic (exact) mass is 279 g/mol. The second kappa shape index (κ2) is 5.46. The Labute approximate surface area is 116 Å². The molecular formula is C13H17N3O4. The minimum absolute atomic E-state index is 0.274. The van der Waals surface area contributed by atoms with Gasteiger partial charge in [-0.1, -0.05) is 0 Å². The van der Waals surface area contributed by atoms with Crippen molar-refractivity contribution >= 4 is 5.97 Å². The van der Waals surface area contributed by atoms with Crippen molar-refractivity contribution in [2.24, 2.45) is 0 Å². The normalized spacial score (nSPS) is 12.8. The predicted octanol–water partition coefficient (Wildman–Crippen LogP) is 1.85. The summed E-state index contributed by atoms with van der Waals surface area (Å²) in [6.07, 6.45) is 0. The molecule has 0 saturated heterocycles. The summed E-state index contributed by atoms with van der Waals surface area (Å²) in [5, 5.41) is 16.8. The molecule has 2 aromatic heterocycles. The van der Waals surface area contributed by atoms with Gasteiger partial charge in [0.05, 0.1) is 12.1 Å². The molecule has 2 aromatic rings. The Morgan fingerprint density at radius 1 is 1.40 bits per heavy atom. The molecule has 7 nitrogen and oxygen atoms in total. The Balaban J connectivity index is 2.13. The fourth-order valence-corrected chi connectivity index (χ4v) is 1.81. The fraction of sp³-hybridized carbons (Fsp3) is 0.462. The minimum atomic E-state index is -0.895. The molecule has 0 spiro atoms. The van der Waals surface area contributed by atoms with E-state index in [2.05, 4.69) is 10.2 Å². The van der Waals surface area contributed by atoms with Gasteiger partial charge >= 0.3 is 5.97 Å². The van der Waals surface area contributed by atoms with Crippen molar-refractivity contribution in [2.75, 3.05) is 7.05 Å². The number of rotatable bonds is 5. The number of likely N-dealkylation sites (N-methyl/N-ethyl adjacent to an activating group) is 1. The van der Waals surface area contributed by atoms with Crippen LogP contribution in [0, 0.1) is 13.8 Å². The summed E-state index contributed by atoms with van der Waals surface area (Å²) in [6, 6.07) is 1.21. The molecule has 0 radical (unpaired) electrons. The maximum absolute atomic E-state index is 10.9. The van der Waals surface area contributed by atoms with Crippen molar-refractivity contribution in [1.82, 2.24) is 15.1 Å². The lowest BCUT2D eigenvalue weighted by Gasteiger charge is -2.18. The molecule has 108 valence electrons. The highest BCUT2D eigenvalue weighted by Crippen LogP contribution is 2.25. The molecule has 0 aliphatic rings. The summed E-state index contributed by atoms with van der Waals surface area (Å²) < 4.78 is 11.0. The van der Waals surface area contributed by atoms with Gasteiger partial charge < -0.3 is 13.9 Å². The first-order valence-electron chi connectivity index (χ1n) is 6.21. The van der Waals surface area contributed by atoms with Crippen LogP contribution in [0.2, 0.25) is 0 Å². The highest BCUT2D eigenvalue weighted by molar-refractivity contribution is 5.72. The summed E-state index contributed by atoms with van der Waals surface area (Å²) >= 11 is 0. The van der Waals surface area contributed by atoms with Crippen LogP contribution in [0.15, 0.2) is 14.9 Å². The van der Waals surface area contributed by atoms with E-state index in [0.717, 1.165) is 11.3 Å². The van der Waals surface area contributed by atoms with Crippen LogP contribution in [-0.4, -0.2) is 39.3 Å². The number of aromatic nitrogens is 2. The van der Waals surface area contributed by atoms with Crippen molar-refractivity contribution in [3.63, 3.8) is 0 Å². The lowest BCUT2D eigenvalue weighted by Crippen LogP contribution is -2.35. The van der Waals surface area contributed by atoms with Crippen LogP contribution in [0.1, 0.15) is 24.3 Å². The number of furan rings is 1. The molecule has 0 aliphatic carbocycles. The van der Waals surface area contributed by atoms with Crippen LogP contribution in [0.4, 0.5) is 0 Å². The number of hydrogen-bond acceptors (Lipinski definition) is 6. The Kier molecular flexibility index (Phi) is 3.89. The number of carboxylic acid groups (broad SMARTS) is 1. The number of nitrogens with zero attached hydrogens (tertiary/aromatic N) is 3. The molecule has 0 bridgehead atoms. The van der Waals surface area contributed by atoms with Gasteiger partial charge in [-0.05, 0) is 33.9 Å². The van der Waals surface area contributed by atoms with Gasteiger partial charge in [-0.3, -0.25) is 9.69 Å². The molecule has 0 aliphatic heterocycles. The van der Waals surface area contributed by atoms with Crippen LogP contribution < -0.4 is 0 Å². The first kappa shape index (κ1) is 14.3. The zero-order valence-electron chi connectivity index (χ0n) is 11.9. The second-order valence-corrected chi connectivity index (χ2v) is 4.76. The van der Waals surface area contributed by atoms with Gasteiger partial charge in [0.2, 0.25) is 5.89 Å². The molecular weight excluding hydrogens is 262 g/mol. The maximum atomic E-state index is 10.9. The van der Waals surface area contributed by atoms with E-state index in [1.807, 2.05) is 19.9 Å². The molecule has 0 saturated carbocycles. The van der Waals surface area contributed by atoms with Crippen LogP contribution >= 0.6 is 0 Å². The van der Waals surface area contributed by atoms with Gasteiger partial charge in [-0.2, -0.15) is 0 Å². The zero-order valence-corrected chi connectivity index (χ0v) is 11.9. The molecule has 1 atom stereocenters. The van der Waals surface area contributed by atoms with Crippen molar-refractivity contribution in [3.8, 4) is 11.5 Å². The number of aliphatic carboxylic acids is 1. The summed E-state index contributed by atoms with van der Waals surface area (Å²) in [5.41, 5.74) is 0.759. The van der Waals surface area contributed by atoms with E-state index in [4.69, 9.17) is 13.9 Å². The van der Waals surface area contributed by atoms with Gasteiger partial charge in [0.25, 0.3) is 5.89 Å². The molecule has 1 unspecified atom stereocenters. The van der Waals surface area contributed by atoms with Crippen molar-refractivity contribution in [2.45, 2.75) is 33.4 Å². The average molecular weight is 279 g/mol. The smallest absolute Gasteiger partial charge is 0.320 e. The lowest BCUT2D eigenvalue weighted by molar-refractivity contribution is -0.142. The van der Waals surface area contributed by atoms with Crippen molar-refractivity contribution < 1.29 is 18.7 Å². The van der Waals surface area contributed by atoms with Gasteiger partial charge in [0.1, 0.15) is 17.6 Å². The van der Waals surface area contributed by atoms with E-state index in [1.54, 1.807) is 18.9 Å². The number of hydrogen-bond donors (Lipinski definition) is 1. The van der Waals surface area contributed by atoms with E-state index in [-0.39, 0.29) is 6.54 Å². The lowest BCUT2D eigenvalue weighted by atomic mass is 10.2. The Hall–Kier alpha value is -2.15. The van der Waals surface area contributed by atoms with Crippen LogP contribution in [-0.2, 0) is 11.3 Å². The summed E-state index contributed by atoms with van der Waals surface area (Å²) in [7, 11) is 1.69. The van der Waals surface area contributed by atoms with E-state index in [1.165, 1.54) is 0 Å². The van der Waals surface area contributed by atoms with Crippen LogP contribution in [0.5, 0.6) is 0 Å². The number of aryl methyl sites for hydroxylation is 2. The quantitative estimate of drug-likeness (QED) is 0.892. The average Bonchev–Trinajstić information content (AvgIpc) is 2.94. The highest BCUT2D eigenvalue weighted by Gasteiger charge is 2.20. The SMILES string of the molecule is Cc1cc(-c2nnc(CN(C)C(C)C(=O)O)o2)c(C)o1. The van der Waals surface area contributed by atoms with E-state index in [0.29, 0.717) is 17.5 Å². The Morgan fingerprint density at radius 2 is 2.10 bits per heavy atom. The number of carbonyl (C=O) groups is 1. The summed E-state index contributed by atoms with van der Waals surface area (Å²) in [4.78, 5) is 12.5. The van der Waals surface area contributed by atoms with Crippen LogP contribution in [0.3, 0.4) is 0 Å². The zero-order chi connectivity index (χ0) is 14.9. The second-order valence-electron chi connectivity index (χ2n) is 4.76. The first-order chi connectivity index (χ1) is 9.38. The van der Waals surface area contributed by atoms with Gasteiger partial charge in [0.15, 0.2) is 0 Å². The first-order valence-corrected chi connectivity index (χ1v) is 6.21. The maximum Gasteiger partial charge on any atom is 0.320 e. The third kappa shape index (κ3) is 2.88. The molecule has 0 fully saturated rings. The Bertz CT molecular complexity index is 617. The third-order valence-electron chi connectivity index (χ3n) is 3.14. The largest absolute Gasteiger partial charge is 0.480 e. The van der Waals surface area contributed by atoms with Gasteiger partial charge in [-0.25, -0.2) is 0 Å². The summed E-state index contributed by atoms with van der Waals surface area (Å²) in [6.45, 7) is 5.54. The standard InChI is InChI=1S/C13H17N3O4/c1-7-5-10(9(3)19-7)12-15-14-11(20-12)6-16(4)8(2)13(17)18/h5,8H,6H2,1-4H3,(H,17,18). The van der Waals surface area contributed by atoms with E-state index >= 15 is 0 Å². The van der Waals surface area contributed by atoms with Crippen molar-refractivity contribution in [1.29, 1.82) is 0 Å². The molecule has 0 amide bonds. The van der Waals surface area contributed by atoms with Crippen molar-refractivity contribution in [3.05, 3.63) is 23.5 Å². The molecule has 20 heavy (non-hydrogen) atoms. The third-order valence-corrected chi connectivity index (χ3v) is 3.14. The van der Waals surface area contributed by atoms with E-state index in [9.17, 15) is 4.79 Å². The summed E-state index contributed by atoms with van der Waals surface area (Å²) in [5.74, 6) is 1.34. The Morgan fingerprint density at radius 3 is 2.65 bits per heavy atom. The van der Waals surface area contributed by atoms with E-state index < -0.39 is 12.0 Å². The molecule has 2 rings (SSSR count). The predicted molar refractivity (Wildman–Crippen MR) is 70.0 cm³/mol.